The Morgan fingerprint density at radius 2 is 1.03 bits per heavy atom. The Labute approximate surface area is 208 Å². The van der Waals surface area contributed by atoms with E-state index in [1.54, 1.807) is 0 Å². The van der Waals surface area contributed by atoms with Gasteiger partial charge in [0.1, 0.15) is 17.3 Å². The van der Waals surface area contributed by atoms with Crippen LogP contribution in [-0.4, -0.2) is 9.55 Å². The van der Waals surface area contributed by atoms with E-state index in [4.69, 9.17) is 9.72 Å². The summed E-state index contributed by atoms with van der Waals surface area (Å²) in [6.07, 6.45) is 0. The third-order valence-corrected chi connectivity index (χ3v) is 6.64. The molecule has 0 N–H and O–H groups in total. The molecule has 0 saturated heterocycles. The molecule has 0 spiro atoms. The van der Waals surface area contributed by atoms with Crippen molar-refractivity contribution in [2.24, 2.45) is 0 Å². The van der Waals surface area contributed by atoms with Gasteiger partial charge in [0.25, 0.3) is 0 Å². The third-order valence-electron chi connectivity index (χ3n) is 6.64. The summed E-state index contributed by atoms with van der Waals surface area (Å²) in [4.78, 5) is 5.20. The van der Waals surface area contributed by atoms with Gasteiger partial charge in [0.05, 0.1) is 11.0 Å². The molecule has 0 atom stereocenters. The number of para-hydroxylation sites is 4. The van der Waals surface area contributed by atoms with Crippen molar-refractivity contribution < 1.29 is 4.74 Å². The molecule has 0 aliphatic rings. The molecule has 7 rings (SSSR count). The summed E-state index contributed by atoms with van der Waals surface area (Å²) in [6, 6.07) is 45.7. The van der Waals surface area contributed by atoms with Gasteiger partial charge in [-0.2, -0.15) is 0 Å². The van der Waals surface area contributed by atoms with Gasteiger partial charge in [-0.25, -0.2) is 4.98 Å². The van der Waals surface area contributed by atoms with Crippen LogP contribution in [0.4, 0.5) is 0 Å². The smallest absolute Gasteiger partial charge is 0.146 e. The van der Waals surface area contributed by atoms with E-state index >= 15 is 0 Å². The van der Waals surface area contributed by atoms with Crippen LogP contribution >= 0.6 is 0 Å². The molecule has 0 saturated carbocycles. The first-order chi connectivity index (χ1) is 17.9. The number of benzene rings is 6. The van der Waals surface area contributed by atoms with Crippen molar-refractivity contribution in [2.75, 3.05) is 0 Å². The molecule has 0 bridgehead atoms. The predicted octanol–water partition coefficient (Wildman–Crippen LogP) is 8.79. The third kappa shape index (κ3) is 3.25. The normalized spacial score (nSPS) is 11.3. The molecule has 6 aromatic carbocycles. The Bertz CT molecular complexity index is 1800. The Morgan fingerprint density at radius 1 is 0.500 bits per heavy atom. The lowest BCUT2D eigenvalue weighted by Gasteiger charge is -2.18. The zero-order valence-corrected chi connectivity index (χ0v) is 19.5. The van der Waals surface area contributed by atoms with Gasteiger partial charge in [-0.3, -0.25) is 4.57 Å². The van der Waals surface area contributed by atoms with Crippen molar-refractivity contribution in [3.63, 3.8) is 0 Å². The molecule has 0 aliphatic carbocycles. The number of imidazole rings is 1. The fourth-order valence-electron chi connectivity index (χ4n) is 5.08. The van der Waals surface area contributed by atoms with Gasteiger partial charge in [0.2, 0.25) is 0 Å². The summed E-state index contributed by atoms with van der Waals surface area (Å²) in [5.41, 5.74) is 4.23. The maximum atomic E-state index is 6.54. The number of rotatable bonds is 4. The summed E-state index contributed by atoms with van der Waals surface area (Å²) < 4.78 is 8.81. The minimum atomic E-state index is 0.817. The van der Waals surface area contributed by atoms with Gasteiger partial charge in [0, 0.05) is 22.0 Å². The van der Waals surface area contributed by atoms with Crippen molar-refractivity contribution in [3.8, 4) is 28.6 Å². The molecule has 3 heteroatoms. The van der Waals surface area contributed by atoms with Gasteiger partial charge in [-0.15, -0.1) is 0 Å². The fourth-order valence-corrected chi connectivity index (χ4v) is 5.08. The molecule has 0 aliphatic heterocycles. The zero-order valence-electron chi connectivity index (χ0n) is 19.5. The van der Waals surface area contributed by atoms with Crippen LogP contribution in [0.3, 0.4) is 0 Å². The average molecular weight is 463 g/mol. The van der Waals surface area contributed by atoms with Crippen molar-refractivity contribution in [1.29, 1.82) is 0 Å². The van der Waals surface area contributed by atoms with E-state index < -0.39 is 0 Å². The quantitative estimate of drug-likeness (QED) is 0.244. The predicted molar refractivity (Wildman–Crippen MR) is 148 cm³/mol. The number of nitrogens with zero attached hydrogens (tertiary/aromatic N) is 2. The second-order valence-corrected chi connectivity index (χ2v) is 8.81. The number of fused-ring (bicyclic) bond motifs is 3. The monoisotopic (exact) mass is 462 g/mol. The van der Waals surface area contributed by atoms with Crippen LogP contribution in [0.15, 0.2) is 133 Å². The first-order valence-electron chi connectivity index (χ1n) is 12.1. The van der Waals surface area contributed by atoms with E-state index in [2.05, 4.69) is 95.6 Å². The van der Waals surface area contributed by atoms with E-state index in [-0.39, 0.29) is 0 Å². The van der Waals surface area contributed by atoms with Crippen molar-refractivity contribution in [2.45, 2.75) is 0 Å². The van der Waals surface area contributed by atoms with Gasteiger partial charge >= 0.3 is 0 Å². The summed E-state index contributed by atoms with van der Waals surface area (Å²) >= 11 is 0. The molecular weight excluding hydrogens is 440 g/mol. The number of ether oxygens (including phenoxy) is 1. The van der Waals surface area contributed by atoms with E-state index in [1.165, 1.54) is 0 Å². The first-order valence-corrected chi connectivity index (χ1v) is 12.1. The van der Waals surface area contributed by atoms with Gasteiger partial charge in [0.15, 0.2) is 0 Å². The molecule has 0 radical (unpaired) electrons. The highest BCUT2D eigenvalue weighted by molar-refractivity contribution is 6.17. The van der Waals surface area contributed by atoms with Crippen molar-refractivity contribution >= 4 is 32.6 Å². The topological polar surface area (TPSA) is 27.1 Å². The van der Waals surface area contributed by atoms with E-state index in [9.17, 15) is 0 Å². The molecule has 170 valence electrons. The molecule has 0 fully saturated rings. The van der Waals surface area contributed by atoms with Crippen molar-refractivity contribution in [1.82, 2.24) is 9.55 Å². The van der Waals surface area contributed by atoms with Crippen LogP contribution in [0.25, 0.3) is 49.7 Å². The maximum absolute atomic E-state index is 6.54. The molecular formula is C33H22N2O. The average Bonchev–Trinajstić information content (AvgIpc) is 3.33. The second kappa shape index (κ2) is 8.40. The minimum absolute atomic E-state index is 0.817. The van der Waals surface area contributed by atoms with Crippen LogP contribution in [0, 0.1) is 0 Å². The molecule has 1 aromatic heterocycles. The second-order valence-electron chi connectivity index (χ2n) is 8.81. The number of hydrogen-bond acceptors (Lipinski definition) is 2. The highest BCUT2D eigenvalue weighted by Gasteiger charge is 2.22. The molecule has 3 nitrogen and oxygen atoms in total. The first kappa shape index (κ1) is 20.5. The summed E-state index contributed by atoms with van der Waals surface area (Å²) in [5.74, 6) is 2.59. The zero-order chi connectivity index (χ0) is 23.9. The number of hydrogen-bond donors (Lipinski definition) is 0. The Hall–Kier alpha value is -4.89. The minimum Gasteiger partial charge on any atom is -0.456 e. The highest BCUT2D eigenvalue weighted by atomic mass is 16.5. The summed E-state index contributed by atoms with van der Waals surface area (Å²) in [7, 11) is 0. The van der Waals surface area contributed by atoms with Gasteiger partial charge in [-0.05, 0) is 47.2 Å². The highest BCUT2D eigenvalue weighted by Crippen LogP contribution is 2.45. The largest absolute Gasteiger partial charge is 0.456 e. The fraction of sp³-hybridized carbons (Fsp3) is 0. The van der Waals surface area contributed by atoms with Crippen LogP contribution in [0.1, 0.15) is 0 Å². The molecule has 36 heavy (non-hydrogen) atoms. The Morgan fingerprint density at radius 3 is 1.69 bits per heavy atom. The molecule has 0 unspecified atom stereocenters. The van der Waals surface area contributed by atoms with Gasteiger partial charge < -0.3 is 4.74 Å². The van der Waals surface area contributed by atoms with E-state index in [0.29, 0.717) is 0 Å². The lowest BCUT2D eigenvalue weighted by molar-refractivity contribution is 0.494. The van der Waals surface area contributed by atoms with Crippen LogP contribution in [0.5, 0.6) is 11.5 Å². The van der Waals surface area contributed by atoms with Crippen molar-refractivity contribution in [3.05, 3.63) is 133 Å². The summed E-state index contributed by atoms with van der Waals surface area (Å²) in [6.45, 7) is 0. The van der Waals surface area contributed by atoms with Crippen LogP contribution < -0.4 is 4.74 Å². The van der Waals surface area contributed by atoms with Crippen LogP contribution in [-0.2, 0) is 0 Å². The summed E-state index contributed by atoms with van der Waals surface area (Å²) in [5, 5.41) is 4.33. The SMILES string of the molecule is c1ccc(Oc2c3ccccc3c(-c3nc4ccccc4n3-c3ccccc3)c3ccccc23)cc1. The van der Waals surface area contributed by atoms with Crippen LogP contribution in [0.2, 0.25) is 0 Å². The Kier molecular flexibility index (Phi) is 4.78. The van der Waals surface area contributed by atoms with E-state index in [0.717, 1.165) is 61.2 Å². The molecule has 7 aromatic rings. The lowest BCUT2D eigenvalue weighted by atomic mass is 9.95. The molecule has 0 amide bonds. The van der Waals surface area contributed by atoms with Gasteiger partial charge in [-0.1, -0.05) is 97.1 Å². The number of aromatic nitrogens is 2. The molecule has 1 heterocycles. The van der Waals surface area contributed by atoms with E-state index in [1.807, 2.05) is 42.5 Å². The Balaban J connectivity index is 1.61. The maximum Gasteiger partial charge on any atom is 0.146 e. The standard InChI is InChI=1S/C33H22N2O/c1-3-13-23(14-4-1)35-30-22-12-11-21-29(30)34-33(35)31-25-17-7-9-19-27(25)32(28-20-10-8-18-26(28)31)36-24-15-5-2-6-16-24/h1-22H. The lowest BCUT2D eigenvalue weighted by Crippen LogP contribution is -1.99.